The molecule has 0 radical (unpaired) electrons. The Balaban J connectivity index is 1.69. The predicted octanol–water partition coefficient (Wildman–Crippen LogP) is 2.87. The van der Waals surface area contributed by atoms with E-state index < -0.39 is 0 Å². The highest BCUT2D eigenvalue weighted by Crippen LogP contribution is 2.27. The molecule has 1 aliphatic heterocycles. The molecule has 1 saturated heterocycles. The summed E-state index contributed by atoms with van der Waals surface area (Å²) < 4.78 is 7.04. The molecule has 2 aromatic rings. The van der Waals surface area contributed by atoms with E-state index >= 15 is 0 Å². The van der Waals surface area contributed by atoms with Crippen LogP contribution in [0.1, 0.15) is 19.8 Å². The minimum absolute atomic E-state index is 0.0310. The molecule has 5 heteroatoms. The highest BCUT2D eigenvalue weighted by Gasteiger charge is 2.27. The number of nitrogens with zero attached hydrogens (tertiary/aromatic N) is 3. The summed E-state index contributed by atoms with van der Waals surface area (Å²) in [5, 5.41) is 4.64. The molecule has 1 aromatic heterocycles. The van der Waals surface area contributed by atoms with Crippen molar-refractivity contribution in [2.75, 3.05) is 24.6 Å². The zero-order chi connectivity index (χ0) is 16.2. The second-order valence-electron chi connectivity index (χ2n) is 5.89. The summed E-state index contributed by atoms with van der Waals surface area (Å²) in [5.74, 6) is 0.954. The Labute approximate surface area is 136 Å². The van der Waals surface area contributed by atoms with Gasteiger partial charge in [-0.25, -0.2) is 0 Å². The van der Waals surface area contributed by atoms with Crippen molar-refractivity contribution < 1.29 is 9.53 Å². The van der Waals surface area contributed by atoms with E-state index in [4.69, 9.17) is 4.74 Å². The topological polar surface area (TPSA) is 47.4 Å². The third kappa shape index (κ3) is 3.38. The molecule has 0 N–H and O–H groups in total. The molecular formula is C18H23N3O2. The molecule has 0 amide bonds. The van der Waals surface area contributed by atoms with Gasteiger partial charge < -0.3 is 9.64 Å². The first kappa shape index (κ1) is 15.6. The summed E-state index contributed by atoms with van der Waals surface area (Å²) in [6.45, 7) is 4.00. The lowest BCUT2D eigenvalue weighted by atomic mass is 9.97. The second kappa shape index (κ2) is 6.86. The molecule has 1 aromatic carbocycles. The van der Waals surface area contributed by atoms with Gasteiger partial charge in [-0.2, -0.15) is 5.10 Å². The number of hydrogen-bond donors (Lipinski definition) is 0. The van der Waals surface area contributed by atoms with E-state index in [1.165, 1.54) is 0 Å². The standard InChI is InChI=1S/C18H23N3O2/c1-3-23-18(22)15-9-11-21(12-10-15)17-13-16(20(2)19-17)14-7-5-4-6-8-14/h4-8,13,15H,3,9-12H2,1-2H3. The lowest BCUT2D eigenvalue weighted by Gasteiger charge is -2.30. The molecule has 0 bridgehead atoms. The second-order valence-corrected chi connectivity index (χ2v) is 5.89. The minimum Gasteiger partial charge on any atom is -0.466 e. The molecule has 1 fully saturated rings. The Morgan fingerprint density at radius 2 is 1.96 bits per heavy atom. The minimum atomic E-state index is -0.0573. The van der Waals surface area contributed by atoms with Crippen LogP contribution < -0.4 is 4.90 Å². The number of aromatic nitrogens is 2. The SMILES string of the molecule is CCOC(=O)C1CCN(c2cc(-c3ccccc3)n(C)n2)CC1. The molecule has 0 aliphatic carbocycles. The molecular weight excluding hydrogens is 290 g/mol. The smallest absolute Gasteiger partial charge is 0.309 e. The molecule has 3 rings (SSSR count). The Hall–Kier alpha value is -2.30. The first-order valence-corrected chi connectivity index (χ1v) is 8.20. The molecule has 23 heavy (non-hydrogen) atoms. The molecule has 0 spiro atoms. The zero-order valence-electron chi connectivity index (χ0n) is 13.7. The van der Waals surface area contributed by atoms with E-state index in [0.717, 1.165) is 43.0 Å². The molecule has 0 atom stereocenters. The average Bonchev–Trinajstić information content (AvgIpc) is 2.98. The van der Waals surface area contributed by atoms with Crippen LogP contribution in [0, 0.1) is 5.92 Å². The van der Waals surface area contributed by atoms with Crippen LogP contribution in [0.4, 0.5) is 5.82 Å². The first-order valence-electron chi connectivity index (χ1n) is 8.20. The maximum atomic E-state index is 11.8. The van der Waals surface area contributed by atoms with Gasteiger partial charge in [0.05, 0.1) is 18.2 Å². The largest absolute Gasteiger partial charge is 0.466 e. The van der Waals surface area contributed by atoms with Crippen LogP contribution in [0.15, 0.2) is 36.4 Å². The fourth-order valence-corrected chi connectivity index (χ4v) is 3.09. The lowest BCUT2D eigenvalue weighted by molar-refractivity contribution is -0.148. The van der Waals surface area contributed by atoms with Crippen LogP contribution in [0.25, 0.3) is 11.3 Å². The third-order valence-electron chi connectivity index (χ3n) is 4.38. The van der Waals surface area contributed by atoms with Crippen molar-refractivity contribution in [1.29, 1.82) is 0 Å². The third-order valence-corrected chi connectivity index (χ3v) is 4.38. The van der Waals surface area contributed by atoms with Gasteiger partial charge in [-0.05, 0) is 25.3 Å². The van der Waals surface area contributed by atoms with E-state index in [9.17, 15) is 4.79 Å². The number of esters is 1. The molecule has 2 heterocycles. The van der Waals surface area contributed by atoms with Crippen molar-refractivity contribution in [3.05, 3.63) is 36.4 Å². The quantitative estimate of drug-likeness (QED) is 0.814. The van der Waals surface area contributed by atoms with Gasteiger partial charge in [0, 0.05) is 26.2 Å². The molecule has 5 nitrogen and oxygen atoms in total. The van der Waals surface area contributed by atoms with E-state index in [-0.39, 0.29) is 11.9 Å². The van der Waals surface area contributed by atoms with Crippen molar-refractivity contribution in [2.45, 2.75) is 19.8 Å². The van der Waals surface area contributed by atoms with Crippen molar-refractivity contribution in [2.24, 2.45) is 13.0 Å². The highest BCUT2D eigenvalue weighted by atomic mass is 16.5. The van der Waals surface area contributed by atoms with Crippen LogP contribution in [-0.4, -0.2) is 35.4 Å². The summed E-state index contributed by atoms with van der Waals surface area (Å²) in [6, 6.07) is 12.4. The monoisotopic (exact) mass is 313 g/mol. The van der Waals surface area contributed by atoms with Crippen molar-refractivity contribution >= 4 is 11.8 Å². The highest BCUT2D eigenvalue weighted by molar-refractivity contribution is 5.73. The van der Waals surface area contributed by atoms with Crippen LogP contribution in [0.5, 0.6) is 0 Å². The maximum Gasteiger partial charge on any atom is 0.309 e. The lowest BCUT2D eigenvalue weighted by Crippen LogP contribution is -2.37. The van der Waals surface area contributed by atoms with Crippen LogP contribution in [0.2, 0.25) is 0 Å². The number of carbonyl (C=O) groups excluding carboxylic acids is 1. The summed E-state index contributed by atoms with van der Waals surface area (Å²) in [4.78, 5) is 14.1. The summed E-state index contributed by atoms with van der Waals surface area (Å²) in [7, 11) is 1.97. The van der Waals surface area contributed by atoms with Gasteiger partial charge in [-0.3, -0.25) is 9.48 Å². The number of benzene rings is 1. The predicted molar refractivity (Wildman–Crippen MR) is 90.2 cm³/mol. The normalized spacial score (nSPS) is 15.7. The van der Waals surface area contributed by atoms with Crippen molar-refractivity contribution in [3.63, 3.8) is 0 Å². The molecule has 122 valence electrons. The van der Waals surface area contributed by atoms with E-state index in [1.807, 2.05) is 36.9 Å². The van der Waals surface area contributed by atoms with Gasteiger partial charge in [-0.15, -0.1) is 0 Å². The summed E-state index contributed by atoms with van der Waals surface area (Å²) in [5.41, 5.74) is 2.27. The van der Waals surface area contributed by atoms with Gasteiger partial charge in [0.1, 0.15) is 0 Å². The molecule has 0 saturated carbocycles. The number of ether oxygens (including phenoxy) is 1. The summed E-state index contributed by atoms with van der Waals surface area (Å²) >= 11 is 0. The van der Waals surface area contributed by atoms with Gasteiger partial charge in [0.25, 0.3) is 0 Å². The number of rotatable bonds is 4. The van der Waals surface area contributed by atoms with E-state index in [1.54, 1.807) is 0 Å². The molecule has 0 unspecified atom stereocenters. The van der Waals surface area contributed by atoms with Crippen molar-refractivity contribution in [1.82, 2.24) is 9.78 Å². The number of aryl methyl sites for hydroxylation is 1. The van der Waals surface area contributed by atoms with Gasteiger partial charge in [0.2, 0.25) is 0 Å². The average molecular weight is 313 g/mol. The Kier molecular flexibility index (Phi) is 4.65. The van der Waals surface area contributed by atoms with Crippen molar-refractivity contribution in [3.8, 4) is 11.3 Å². The Bertz CT molecular complexity index is 658. The van der Waals surface area contributed by atoms with E-state index in [2.05, 4.69) is 28.2 Å². The van der Waals surface area contributed by atoms with E-state index in [0.29, 0.717) is 6.61 Å². The van der Waals surface area contributed by atoms with Gasteiger partial charge in [0.15, 0.2) is 5.82 Å². The maximum absolute atomic E-state index is 11.8. The number of anilines is 1. The van der Waals surface area contributed by atoms with Crippen LogP contribution >= 0.6 is 0 Å². The summed E-state index contributed by atoms with van der Waals surface area (Å²) in [6.07, 6.45) is 1.66. The number of piperidine rings is 1. The fraction of sp³-hybridized carbons (Fsp3) is 0.444. The Morgan fingerprint density at radius 1 is 1.26 bits per heavy atom. The van der Waals surface area contributed by atoms with Crippen LogP contribution in [0.3, 0.4) is 0 Å². The zero-order valence-corrected chi connectivity index (χ0v) is 13.7. The molecule has 1 aliphatic rings. The number of carbonyl (C=O) groups is 1. The van der Waals surface area contributed by atoms with Crippen LogP contribution in [-0.2, 0) is 16.6 Å². The van der Waals surface area contributed by atoms with Gasteiger partial charge >= 0.3 is 5.97 Å². The fourth-order valence-electron chi connectivity index (χ4n) is 3.09. The first-order chi connectivity index (χ1) is 11.2. The van der Waals surface area contributed by atoms with Gasteiger partial charge in [-0.1, -0.05) is 30.3 Å². The Morgan fingerprint density at radius 3 is 2.61 bits per heavy atom. The number of hydrogen-bond acceptors (Lipinski definition) is 4.